The molecule has 0 bridgehead atoms. The minimum atomic E-state index is 0.574. The molecule has 0 N–H and O–H groups in total. The Kier molecular flexibility index (Phi) is 5.40. The van der Waals surface area contributed by atoms with Crippen LogP contribution in [0.1, 0.15) is 0 Å². The van der Waals surface area contributed by atoms with E-state index in [1.54, 1.807) is 0 Å². The number of hydrogen-bond donors (Lipinski definition) is 0. The van der Waals surface area contributed by atoms with Gasteiger partial charge in [-0.05, 0) is 47.2 Å². The van der Waals surface area contributed by atoms with Crippen LogP contribution in [-0.2, 0) is 0 Å². The van der Waals surface area contributed by atoms with Gasteiger partial charge in [0.15, 0.2) is 34.2 Å². The van der Waals surface area contributed by atoms with Gasteiger partial charge in [0.25, 0.3) is 0 Å². The lowest BCUT2D eigenvalue weighted by atomic mass is 10.0. The van der Waals surface area contributed by atoms with Crippen LogP contribution in [-0.4, -0.2) is 19.9 Å². The molecule has 0 spiro atoms. The Bertz CT molecular complexity index is 2430. The molecule has 0 saturated heterocycles. The Morgan fingerprint density at radius 1 is 0.409 bits per heavy atom. The fourth-order valence-corrected chi connectivity index (χ4v) is 5.83. The Balaban J connectivity index is 1.21. The first kappa shape index (κ1) is 24.5. The maximum Gasteiger partial charge on any atom is 0.227 e. The number of benzene rings is 6. The zero-order valence-electron chi connectivity index (χ0n) is 23.3. The summed E-state index contributed by atoms with van der Waals surface area (Å²) in [7, 11) is 0. The monoisotopic (exact) mass is 566 g/mol. The SMILES string of the molecule is c1ccc(-c2nc(-c3ccccc3)nc(-c3ccc4c(ccc5oc6c(ccc7oc(-c8ccccc8)nc76)c54)c3)n2)cc1. The topological polar surface area (TPSA) is 77.8 Å². The van der Waals surface area contributed by atoms with E-state index < -0.39 is 0 Å². The van der Waals surface area contributed by atoms with Crippen LogP contribution in [0.15, 0.2) is 142 Å². The average molecular weight is 567 g/mol. The van der Waals surface area contributed by atoms with Crippen LogP contribution in [0, 0.1) is 0 Å². The second kappa shape index (κ2) is 9.71. The molecule has 0 unspecified atom stereocenters. The van der Waals surface area contributed by atoms with Crippen LogP contribution in [0.3, 0.4) is 0 Å². The summed E-state index contributed by atoms with van der Waals surface area (Å²) in [6.07, 6.45) is 0. The van der Waals surface area contributed by atoms with Crippen molar-refractivity contribution in [2.75, 3.05) is 0 Å². The van der Waals surface area contributed by atoms with Crippen molar-refractivity contribution in [2.24, 2.45) is 0 Å². The molecule has 0 aliphatic rings. The summed E-state index contributed by atoms with van der Waals surface area (Å²) in [6.45, 7) is 0. The Morgan fingerprint density at radius 3 is 1.64 bits per heavy atom. The fraction of sp³-hybridized carbons (Fsp3) is 0. The van der Waals surface area contributed by atoms with Crippen LogP contribution in [0.4, 0.5) is 0 Å². The molecule has 0 saturated carbocycles. The fourth-order valence-electron chi connectivity index (χ4n) is 5.83. The van der Waals surface area contributed by atoms with Crippen LogP contribution >= 0.6 is 0 Å². The number of hydrogen-bond acceptors (Lipinski definition) is 6. The summed E-state index contributed by atoms with van der Waals surface area (Å²) in [5, 5.41) is 4.18. The van der Waals surface area contributed by atoms with E-state index in [4.69, 9.17) is 28.8 Å². The molecule has 44 heavy (non-hydrogen) atoms. The van der Waals surface area contributed by atoms with Crippen molar-refractivity contribution in [1.29, 1.82) is 0 Å². The van der Waals surface area contributed by atoms with E-state index in [9.17, 15) is 0 Å². The normalized spacial score (nSPS) is 11.6. The van der Waals surface area contributed by atoms with Crippen molar-refractivity contribution < 1.29 is 8.83 Å². The van der Waals surface area contributed by atoms with Crippen molar-refractivity contribution in [1.82, 2.24) is 19.9 Å². The second-order valence-electron chi connectivity index (χ2n) is 10.7. The predicted octanol–water partition coefficient (Wildman–Crippen LogP) is 9.73. The summed E-state index contributed by atoms with van der Waals surface area (Å²) in [6, 6.07) is 44.4. The highest BCUT2D eigenvalue weighted by molar-refractivity contribution is 6.22. The van der Waals surface area contributed by atoms with Gasteiger partial charge < -0.3 is 8.83 Å². The highest BCUT2D eigenvalue weighted by atomic mass is 16.4. The van der Waals surface area contributed by atoms with Crippen molar-refractivity contribution in [3.05, 3.63) is 133 Å². The molecule has 6 nitrogen and oxygen atoms in total. The first-order valence-electron chi connectivity index (χ1n) is 14.4. The Hall–Kier alpha value is -6.14. The van der Waals surface area contributed by atoms with E-state index in [1.807, 2.05) is 103 Å². The highest BCUT2D eigenvalue weighted by Gasteiger charge is 2.19. The third-order valence-electron chi connectivity index (χ3n) is 7.96. The largest absolute Gasteiger partial charge is 0.454 e. The van der Waals surface area contributed by atoms with Gasteiger partial charge in [0.1, 0.15) is 5.58 Å². The molecule has 0 atom stereocenters. The molecular weight excluding hydrogens is 544 g/mol. The van der Waals surface area contributed by atoms with Crippen LogP contribution in [0.2, 0.25) is 0 Å². The third kappa shape index (κ3) is 3.96. The average Bonchev–Trinajstić information content (AvgIpc) is 3.71. The molecule has 6 aromatic carbocycles. The van der Waals surface area contributed by atoms with Crippen LogP contribution < -0.4 is 0 Å². The van der Waals surface area contributed by atoms with Gasteiger partial charge in [-0.1, -0.05) is 97.1 Å². The van der Waals surface area contributed by atoms with Gasteiger partial charge in [-0.15, -0.1) is 0 Å². The van der Waals surface area contributed by atoms with Crippen LogP contribution in [0.25, 0.3) is 89.4 Å². The number of furan rings is 1. The molecule has 0 aliphatic heterocycles. The lowest BCUT2D eigenvalue weighted by molar-refractivity contribution is 0.620. The maximum absolute atomic E-state index is 6.41. The molecule has 3 aromatic heterocycles. The van der Waals surface area contributed by atoms with Crippen LogP contribution in [0.5, 0.6) is 0 Å². The molecule has 206 valence electrons. The molecule has 9 rings (SSSR count). The summed E-state index contributed by atoms with van der Waals surface area (Å²) in [5.41, 5.74) is 6.65. The summed E-state index contributed by atoms with van der Waals surface area (Å²) >= 11 is 0. The number of oxazole rings is 1. The van der Waals surface area contributed by atoms with Gasteiger partial charge in [0.2, 0.25) is 5.89 Å². The van der Waals surface area contributed by atoms with E-state index in [2.05, 4.69) is 30.3 Å². The predicted molar refractivity (Wildman–Crippen MR) is 174 cm³/mol. The number of rotatable bonds is 4. The quantitative estimate of drug-likeness (QED) is 0.211. The van der Waals surface area contributed by atoms with Gasteiger partial charge in [-0.25, -0.2) is 19.9 Å². The van der Waals surface area contributed by atoms with Crippen molar-refractivity contribution >= 4 is 43.8 Å². The molecule has 0 fully saturated rings. The Labute approximate surface area is 251 Å². The standard InChI is InChI=1S/C38H22N4O2/c1-4-10-23(11-5-1)35-40-36(24-12-6-2-7-13-24)42-37(41-35)27-16-18-28-26(22-27)17-20-30-32(28)29-19-21-31-33(34(29)43-30)39-38(44-31)25-14-8-3-9-15-25/h1-22H. The zero-order valence-corrected chi connectivity index (χ0v) is 23.3. The molecular formula is C38H22N4O2. The molecule has 9 aromatic rings. The van der Waals surface area contributed by atoms with Crippen molar-refractivity contribution in [2.45, 2.75) is 0 Å². The van der Waals surface area contributed by atoms with Gasteiger partial charge in [-0.3, -0.25) is 0 Å². The summed E-state index contributed by atoms with van der Waals surface area (Å²) in [5.74, 6) is 2.47. The smallest absolute Gasteiger partial charge is 0.227 e. The lowest BCUT2D eigenvalue weighted by Crippen LogP contribution is -2.00. The highest BCUT2D eigenvalue weighted by Crippen LogP contribution is 2.39. The summed E-state index contributed by atoms with van der Waals surface area (Å²) in [4.78, 5) is 19.5. The van der Waals surface area contributed by atoms with Crippen molar-refractivity contribution in [3.63, 3.8) is 0 Å². The maximum atomic E-state index is 6.41. The molecule has 0 aliphatic carbocycles. The van der Waals surface area contributed by atoms with Gasteiger partial charge in [0.05, 0.1) is 0 Å². The van der Waals surface area contributed by atoms with Gasteiger partial charge >= 0.3 is 0 Å². The minimum absolute atomic E-state index is 0.574. The molecule has 6 heteroatoms. The first-order chi connectivity index (χ1) is 21.8. The summed E-state index contributed by atoms with van der Waals surface area (Å²) < 4.78 is 12.5. The van der Waals surface area contributed by atoms with E-state index in [1.165, 1.54) is 0 Å². The number of nitrogens with zero attached hydrogens (tertiary/aromatic N) is 4. The van der Waals surface area contributed by atoms with Gasteiger partial charge in [-0.2, -0.15) is 0 Å². The second-order valence-corrected chi connectivity index (χ2v) is 10.7. The van der Waals surface area contributed by atoms with E-state index in [-0.39, 0.29) is 0 Å². The van der Waals surface area contributed by atoms with Gasteiger partial charge in [0, 0.05) is 33.0 Å². The minimum Gasteiger partial charge on any atom is -0.454 e. The third-order valence-corrected chi connectivity index (χ3v) is 7.96. The number of fused-ring (bicyclic) bond motifs is 7. The van der Waals surface area contributed by atoms with E-state index in [0.717, 1.165) is 60.5 Å². The Morgan fingerprint density at radius 2 is 0.977 bits per heavy atom. The first-order valence-corrected chi connectivity index (χ1v) is 14.4. The zero-order chi connectivity index (χ0) is 29.0. The molecule has 0 amide bonds. The molecule has 3 heterocycles. The van der Waals surface area contributed by atoms with E-state index >= 15 is 0 Å². The lowest BCUT2D eigenvalue weighted by Gasteiger charge is -2.09. The van der Waals surface area contributed by atoms with E-state index in [0.29, 0.717) is 28.9 Å². The van der Waals surface area contributed by atoms with Crippen molar-refractivity contribution in [3.8, 4) is 45.6 Å². The molecule has 0 radical (unpaired) electrons. The number of aromatic nitrogens is 4.